The largest absolute Gasteiger partial charge is 0.466 e. The van der Waals surface area contributed by atoms with Gasteiger partial charge in [-0.3, -0.25) is 4.79 Å². The van der Waals surface area contributed by atoms with Crippen molar-refractivity contribution < 1.29 is 19.0 Å². The molecular formula is C43H87NO4. The fourth-order valence-electron chi connectivity index (χ4n) is 6.47. The molecule has 288 valence electrons. The quantitative estimate of drug-likeness (QED) is 0.0365. The highest BCUT2D eigenvalue weighted by atomic mass is 16.7. The summed E-state index contributed by atoms with van der Waals surface area (Å²) in [6.07, 6.45) is 38.5. The average molecular weight is 682 g/mol. The molecule has 0 heterocycles. The summed E-state index contributed by atoms with van der Waals surface area (Å²) in [7, 11) is 0. The van der Waals surface area contributed by atoms with Gasteiger partial charge in [0.25, 0.3) is 0 Å². The predicted molar refractivity (Wildman–Crippen MR) is 209 cm³/mol. The van der Waals surface area contributed by atoms with Gasteiger partial charge in [-0.2, -0.15) is 0 Å². The summed E-state index contributed by atoms with van der Waals surface area (Å²) in [6.45, 7) is 15.1. The number of unbranched alkanes of at least 4 members (excludes halogenated alkanes) is 24. The van der Waals surface area contributed by atoms with Crippen molar-refractivity contribution in [3.8, 4) is 0 Å². The van der Waals surface area contributed by atoms with Crippen LogP contribution in [0.5, 0.6) is 0 Å². The third kappa shape index (κ3) is 36.6. The minimum Gasteiger partial charge on any atom is -0.466 e. The van der Waals surface area contributed by atoms with Crippen LogP contribution >= 0.6 is 0 Å². The summed E-state index contributed by atoms with van der Waals surface area (Å²) >= 11 is 0. The summed E-state index contributed by atoms with van der Waals surface area (Å²) in [5.41, 5.74) is 0. The molecule has 0 unspecified atom stereocenters. The second-order valence-corrected chi connectivity index (χ2v) is 14.6. The van der Waals surface area contributed by atoms with Crippen LogP contribution in [0, 0.1) is 0 Å². The summed E-state index contributed by atoms with van der Waals surface area (Å²) < 4.78 is 17.8. The van der Waals surface area contributed by atoms with E-state index in [-0.39, 0.29) is 12.3 Å². The van der Waals surface area contributed by atoms with E-state index in [1.165, 1.54) is 180 Å². The molecule has 48 heavy (non-hydrogen) atoms. The molecule has 0 saturated heterocycles. The average Bonchev–Trinajstić information content (AvgIpc) is 3.09. The van der Waals surface area contributed by atoms with Crippen LogP contribution in [0.2, 0.25) is 0 Å². The molecule has 0 amide bonds. The van der Waals surface area contributed by atoms with Crippen LogP contribution in [0.15, 0.2) is 0 Å². The molecule has 0 radical (unpaired) electrons. The molecular weight excluding hydrogens is 594 g/mol. The number of hydrogen-bond donors (Lipinski definition) is 0. The lowest BCUT2D eigenvalue weighted by Gasteiger charge is -2.20. The van der Waals surface area contributed by atoms with Crippen molar-refractivity contribution in [3.05, 3.63) is 0 Å². The maximum Gasteiger partial charge on any atom is 0.305 e. The van der Waals surface area contributed by atoms with Crippen molar-refractivity contribution in [1.82, 2.24) is 4.90 Å². The maximum atomic E-state index is 12.0. The van der Waals surface area contributed by atoms with E-state index >= 15 is 0 Å². The second kappa shape index (κ2) is 40.8. The van der Waals surface area contributed by atoms with E-state index < -0.39 is 0 Å². The Morgan fingerprint density at radius 3 is 1.27 bits per heavy atom. The minimum atomic E-state index is 0.00795. The topological polar surface area (TPSA) is 48.0 Å². The van der Waals surface area contributed by atoms with Crippen LogP contribution in [0.3, 0.4) is 0 Å². The number of esters is 1. The standard InChI is InChI=1S/C43H87NO4/c1-5-9-12-15-19-27-32-39-46-42(45)35-28-21-20-24-31-38-44(8-4)37-30-23-18-16-17-22-29-36-43(47-40-33-25-13-10-6-2)48-41-34-26-14-11-7-3/h43H,5-41H2,1-4H3. The Hall–Kier alpha value is -0.650. The molecule has 0 rings (SSSR count). The van der Waals surface area contributed by atoms with Gasteiger partial charge in [-0.15, -0.1) is 0 Å². The smallest absolute Gasteiger partial charge is 0.305 e. The van der Waals surface area contributed by atoms with Gasteiger partial charge < -0.3 is 19.1 Å². The first kappa shape index (κ1) is 47.4. The number of carbonyl (C=O) groups excluding carboxylic acids is 1. The van der Waals surface area contributed by atoms with Crippen LogP contribution < -0.4 is 0 Å². The van der Waals surface area contributed by atoms with E-state index in [4.69, 9.17) is 14.2 Å². The molecule has 0 fully saturated rings. The molecule has 0 aromatic rings. The van der Waals surface area contributed by atoms with Crippen LogP contribution in [0.4, 0.5) is 0 Å². The van der Waals surface area contributed by atoms with Crippen molar-refractivity contribution >= 4 is 5.97 Å². The van der Waals surface area contributed by atoms with E-state index in [0.717, 1.165) is 45.4 Å². The van der Waals surface area contributed by atoms with E-state index in [1.807, 2.05) is 0 Å². The highest BCUT2D eigenvalue weighted by Gasteiger charge is 2.10. The van der Waals surface area contributed by atoms with Crippen LogP contribution in [-0.4, -0.2) is 56.6 Å². The lowest BCUT2D eigenvalue weighted by Crippen LogP contribution is -2.25. The van der Waals surface area contributed by atoms with Crippen LogP contribution in [0.1, 0.15) is 227 Å². The third-order valence-corrected chi connectivity index (χ3v) is 9.83. The minimum absolute atomic E-state index is 0.00795. The summed E-state index contributed by atoms with van der Waals surface area (Å²) in [6, 6.07) is 0. The molecule has 0 aliphatic heterocycles. The molecule has 5 nitrogen and oxygen atoms in total. The van der Waals surface area contributed by atoms with Crippen molar-refractivity contribution in [1.29, 1.82) is 0 Å². The Kier molecular flexibility index (Phi) is 40.2. The zero-order chi connectivity index (χ0) is 35.0. The van der Waals surface area contributed by atoms with Gasteiger partial charge in [0.05, 0.1) is 6.61 Å². The first-order valence-electron chi connectivity index (χ1n) is 21.8. The SMILES string of the molecule is CCCCCCCCCOC(=O)CCCCCCCN(CC)CCCCCCCCCC(OCCCCCCC)OCCCCCCC. The van der Waals surface area contributed by atoms with E-state index in [1.54, 1.807) is 0 Å². The highest BCUT2D eigenvalue weighted by Crippen LogP contribution is 2.15. The van der Waals surface area contributed by atoms with Gasteiger partial charge >= 0.3 is 5.97 Å². The normalized spacial score (nSPS) is 11.7. The van der Waals surface area contributed by atoms with Gasteiger partial charge in [-0.05, 0) is 71.0 Å². The number of hydrogen-bond acceptors (Lipinski definition) is 5. The Labute approximate surface area is 301 Å². The fraction of sp³-hybridized carbons (Fsp3) is 0.977. The van der Waals surface area contributed by atoms with Crippen molar-refractivity contribution in [2.45, 2.75) is 233 Å². The summed E-state index contributed by atoms with van der Waals surface area (Å²) in [5, 5.41) is 0. The third-order valence-electron chi connectivity index (χ3n) is 9.83. The van der Waals surface area contributed by atoms with Crippen molar-refractivity contribution in [2.24, 2.45) is 0 Å². The Morgan fingerprint density at radius 1 is 0.438 bits per heavy atom. The van der Waals surface area contributed by atoms with E-state index in [9.17, 15) is 4.79 Å². The lowest BCUT2D eigenvalue weighted by molar-refractivity contribution is -0.148. The van der Waals surface area contributed by atoms with Crippen LogP contribution in [-0.2, 0) is 19.0 Å². The molecule has 0 N–H and O–H groups in total. The highest BCUT2D eigenvalue weighted by molar-refractivity contribution is 5.69. The lowest BCUT2D eigenvalue weighted by atomic mass is 10.1. The molecule has 0 saturated carbocycles. The number of carbonyl (C=O) groups is 1. The molecule has 0 aromatic carbocycles. The predicted octanol–water partition coefficient (Wildman–Crippen LogP) is 13.4. The summed E-state index contributed by atoms with van der Waals surface area (Å²) in [4.78, 5) is 14.6. The molecule has 0 spiro atoms. The number of nitrogens with zero attached hydrogens (tertiary/aromatic N) is 1. The number of ether oxygens (including phenoxy) is 3. The molecule has 0 bridgehead atoms. The molecule has 0 aromatic heterocycles. The van der Waals surface area contributed by atoms with Crippen molar-refractivity contribution in [2.75, 3.05) is 39.5 Å². The number of rotatable bonds is 41. The fourth-order valence-corrected chi connectivity index (χ4v) is 6.47. The first-order valence-corrected chi connectivity index (χ1v) is 21.8. The van der Waals surface area contributed by atoms with E-state index in [2.05, 4.69) is 32.6 Å². The van der Waals surface area contributed by atoms with Gasteiger partial charge in [0.2, 0.25) is 0 Å². The monoisotopic (exact) mass is 682 g/mol. The summed E-state index contributed by atoms with van der Waals surface area (Å²) in [5.74, 6) is 0.00795. The second-order valence-electron chi connectivity index (χ2n) is 14.6. The van der Waals surface area contributed by atoms with Crippen LogP contribution in [0.25, 0.3) is 0 Å². The molecule has 0 atom stereocenters. The van der Waals surface area contributed by atoms with Gasteiger partial charge in [0.1, 0.15) is 0 Å². The Bertz CT molecular complexity index is 600. The zero-order valence-electron chi connectivity index (χ0n) is 33.3. The van der Waals surface area contributed by atoms with Crippen molar-refractivity contribution in [3.63, 3.8) is 0 Å². The van der Waals surface area contributed by atoms with E-state index in [0.29, 0.717) is 13.0 Å². The Balaban J connectivity index is 3.73. The molecule has 0 aliphatic rings. The van der Waals surface area contributed by atoms with Gasteiger partial charge in [0.15, 0.2) is 6.29 Å². The zero-order valence-corrected chi connectivity index (χ0v) is 33.3. The van der Waals surface area contributed by atoms with Gasteiger partial charge in [-0.1, -0.05) is 169 Å². The molecule has 0 aliphatic carbocycles. The maximum absolute atomic E-state index is 12.0. The van der Waals surface area contributed by atoms with Gasteiger partial charge in [0, 0.05) is 19.6 Å². The van der Waals surface area contributed by atoms with Gasteiger partial charge in [-0.25, -0.2) is 0 Å². The first-order chi connectivity index (χ1) is 23.7. The molecule has 5 heteroatoms. The Morgan fingerprint density at radius 2 is 0.812 bits per heavy atom.